The fourth-order valence-corrected chi connectivity index (χ4v) is 1.43. The van der Waals surface area contributed by atoms with Gasteiger partial charge in [0.1, 0.15) is 6.04 Å². The molecule has 0 saturated carbocycles. The topological polar surface area (TPSA) is 92.4 Å². The average molecular weight is 234 g/mol. The number of hydrogen-bond donors (Lipinski definition) is 3. The van der Waals surface area contributed by atoms with E-state index in [2.05, 4.69) is 5.32 Å². The number of carbonyl (C=O) groups is 2. The third-order valence-electron chi connectivity index (χ3n) is 2.00. The Hall–Kier alpha value is -0.750. The number of thioether (sulfide) groups is 1. The average Bonchev–Trinajstić information content (AvgIpc) is 2.22. The molecule has 0 fully saturated rings. The van der Waals surface area contributed by atoms with Gasteiger partial charge in [0.25, 0.3) is 0 Å². The molecule has 0 spiro atoms. The third kappa shape index (κ3) is 5.64. The monoisotopic (exact) mass is 234 g/mol. The highest BCUT2D eigenvalue weighted by Crippen LogP contribution is 2.01. The predicted molar refractivity (Wildman–Crippen MR) is 60.8 cm³/mol. The van der Waals surface area contributed by atoms with Crippen LogP contribution in [0.3, 0.4) is 0 Å². The van der Waals surface area contributed by atoms with Crippen LogP contribution >= 0.6 is 11.8 Å². The van der Waals surface area contributed by atoms with E-state index in [-0.39, 0.29) is 0 Å². The summed E-state index contributed by atoms with van der Waals surface area (Å²) in [5.74, 6) is -0.717. The quantitative estimate of drug-likeness (QED) is 0.578. The molecule has 0 aliphatic heterocycles. The minimum absolute atomic E-state index is 0.397. The molecule has 4 N–H and O–H groups in total. The molecule has 0 rings (SSSR count). The van der Waals surface area contributed by atoms with E-state index in [0.717, 1.165) is 0 Å². The van der Waals surface area contributed by atoms with Gasteiger partial charge in [-0.05, 0) is 24.9 Å². The molecular weight excluding hydrogens is 216 g/mol. The van der Waals surface area contributed by atoms with Crippen LogP contribution in [-0.2, 0) is 9.59 Å². The van der Waals surface area contributed by atoms with Gasteiger partial charge in [0.15, 0.2) is 0 Å². The van der Waals surface area contributed by atoms with Crippen molar-refractivity contribution in [1.29, 1.82) is 0 Å². The molecule has 0 heterocycles. The molecule has 0 radical (unpaired) electrons. The van der Waals surface area contributed by atoms with Crippen molar-refractivity contribution in [2.45, 2.75) is 31.8 Å². The summed E-state index contributed by atoms with van der Waals surface area (Å²) >= 11 is 1.54. The van der Waals surface area contributed by atoms with Gasteiger partial charge < -0.3 is 16.2 Å². The van der Waals surface area contributed by atoms with Crippen LogP contribution < -0.4 is 11.1 Å². The number of carbonyl (C=O) groups excluding carboxylic acids is 1. The Bertz CT molecular complexity index is 223. The Morgan fingerprint density at radius 2 is 2.13 bits per heavy atom. The van der Waals surface area contributed by atoms with Crippen LogP contribution in [0.4, 0.5) is 0 Å². The molecular formula is C9H18N2O3S. The maximum atomic E-state index is 11.3. The molecule has 2 atom stereocenters. The first-order valence-electron chi connectivity index (χ1n) is 4.80. The Labute approximate surface area is 93.8 Å². The molecule has 15 heavy (non-hydrogen) atoms. The number of hydrogen-bond acceptors (Lipinski definition) is 4. The van der Waals surface area contributed by atoms with E-state index in [4.69, 9.17) is 10.8 Å². The molecule has 0 bridgehead atoms. The summed E-state index contributed by atoms with van der Waals surface area (Å²) in [5, 5.41) is 11.3. The van der Waals surface area contributed by atoms with Crippen molar-refractivity contribution >= 4 is 23.6 Å². The summed E-state index contributed by atoms with van der Waals surface area (Å²) in [7, 11) is 0. The molecule has 0 saturated heterocycles. The zero-order valence-electron chi connectivity index (χ0n) is 9.03. The van der Waals surface area contributed by atoms with Gasteiger partial charge in [-0.2, -0.15) is 11.8 Å². The maximum absolute atomic E-state index is 11.3. The van der Waals surface area contributed by atoms with Crippen LogP contribution in [0.1, 0.15) is 19.8 Å². The second-order valence-electron chi connectivity index (χ2n) is 3.20. The van der Waals surface area contributed by atoms with Crippen LogP contribution in [0.5, 0.6) is 0 Å². The second kappa shape index (κ2) is 7.53. The summed E-state index contributed by atoms with van der Waals surface area (Å²) in [5.41, 5.74) is 5.48. The van der Waals surface area contributed by atoms with Gasteiger partial charge in [-0.3, -0.25) is 4.79 Å². The molecule has 6 heteroatoms. The lowest BCUT2D eigenvalue weighted by Crippen LogP contribution is -2.48. The van der Waals surface area contributed by atoms with E-state index in [1.54, 1.807) is 18.7 Å². The van der Waals surface area contributed by atoms with E-state index < -0.39 is 24.0 Å². The number of aliphatic carboxylic acids is 1. The highest BCUT2D eigenvalue weighted by Gasteiger charge is 2.21. The number of amides is 1. The van der Waals surface area contributed by atoms with Gasteiger partial charge in [-0.15, -0.1) is 0 Å². The van der Waals surface area contributed by atoms with Gasteiger partial charge in [-0.1, -0.05) is 6.92 Å². The highest BCUT2D eigenvalue weighted by atomic mass is 32.2. The molecule has 88 valence electrons. The maximum Gasteiger partial charge on any atom is 0.326 e. The normalized spacial score (nSPS) is 14.3. The van der Waals surface area contributed by atoms with Gasteiger partial charge >= 0.3 is 5.97 Å². The van der Waals surface area contributed by atoms with E-state index in [9.17, 15) is 9.59 Å². The molecule has 0 aromatic rings. The molecule has 0 aromatic carbocycles. The van der Waals surface area contributed by atoms with Crippen molar-refractivity contribution in [1.82, 2.24) is 5.32 Å². The first kappa shape index (κ1) is 14.2. The SMILES string of the molecule is CC[C@H](N)C(=O)N[C@H](CCSC)C(=O)O. The molecule has 0 aliphatic carbocycles. The van der Waals surface area contributed by atoms with E-state index in [1.165, 1.54) is 0 Å². The molecule has 0 aliphatic rings. The number of rotatable bonds is 7. The second-order valence-corrected chi connectivity index (χ2v) is 4.18. The Balaban J connectivity index is 4.16. The number of nitrogens with two attached hydrogens (primary N) is 1. The van der Waals surface area contributed by atoms with Gasteiger partial charge in [0, 0.05) is 0 Å². The Morgan fingerprint density at radius 1 is 1.53 bits per heavy atom. The van der Waals surface area contributed by atoms with Crippen LogP contribution in [0.2, 0.25) is 0 Å². The molecule has 0 unspecified atom stereocenters. The fraction of sp³-hybridized carbons (Fsp3) is 0.778. The lowest BCUT2D eigenvalue weighted by atomic mass is 10.2. The molecule has 0 aromatic heterocycles. The predicted octanol–water partition coefficient (Wildman–Crippen LogP) is 0.0462. The van der Waals surface area contributed by atoms with Crippen LogP contribution in [-0.4, -0.2) is 41.1 Å². The summed E-state index contributed by atoms with van der Waals surface area (Å²) in [6, 6.07) is -1.45. The van der Waals surface area contributed by atoms with Crippen molar-refractivity contribution in [2.75, 3.05) is 12.0 Å². The van der Waals surface area contributed by atoms with E-state index in [1.807, 2.05) is 6.26 Å². The van der Waals surface area contributed by atoms with Crippen molar-refractivity contribution in [3.05, 3.63) is 0 Å². The standard InChI is InChI=1S/C9H18N2O3S/c1-3-6(10)8(12)11-7(9(13)14)4-5-15-2/h6-7H,3-5,10H2,1-2H3,(H,11,12)(H,13,14)/t6-,7+/m0/s1. The van der Waals surface area contributed by atoms with E-state index in [0.29, 0.717) is 18.6 Å². The summed E-state index contributed by atoms with van der Waals surface area (Å²) in [6.45, 7) is 1.78. The fourth-order valence-electron chi connectivity index (χ4n) is 0.957. The largest absolute Gasteiger partial charge is 0.480 e. The first-order chi connectivity index (χ1) is 7.02. The summed E-state index contributed by atoms with van der Waals surface area (Å²) in [6.07, 6.45) is 2.80. The number of nitrogens with one attached hydrogen (secondary N) is 1. The number of carboxylic acid groups (broad SMARTS) is 1. The van der Waals surface area contributed by atoms with Crippen molar-refractivity contribution in [3.63, 3.8) is 0 Å². The van der Waals surface area contributed by atoms with Crippen LogP contribution in [0.15, 0.2) is 0 Å². The highest BCUT2D eigenvalue weighted by molar-refractivity contribution is 7.98. The lowest BCUT2D eigenvalue weighted by Gasteiger charge is -2.16. The minimum Gasteiger partial charge on any atom is -0.480 e. The van der Waals surface area contributed by atoms with Crippen LogP contribution in [0.25, 0.3) is 0 Å². The van der Waals surface area contributed by atoms with Gasteiger partial charge in [0.2, 0.25) is 5.91 Å². The van der Waals surface area contributed by atoms with Crippen molar-refractivity contribution < 1.29 is 14.7 Å². The van der Waals surface area contributed by atoms with E-state index >= 15 is 0 Å². The third-order valence-corrected chi connectivity index (χ3v) is 2.65. The van der Waals surface area contributed by atoms with Gasteiger partial charge in [-0.25, -0.2) is 4.79 Å². The minimum atomic E-state index is -1.01. The Kier molecular flexibility index (Phi) is 7.15. The van der Waals surface area contributed by atoms with Crippen LogP contribution in [0, 0.1) is 0 Å². The zero-order chi connectivity index (χ0) is 11.8. The van der Waals surface area contributed by atoms with Gasteiger partial charge in [0.05, 0.1) is 6.04 Å². The Morgan fingerprint density at radius 3 is 2.53 bits per heavy atom. The van der Waals surface area contributed by atoms with Crippen molar-refractivity contribution in [2.24, 2.45) is 5.73 Å². The summed E-state index contributed by atoms with van der Waals surface area (Å²) < 4.78 is 0. The summed E-state index contributed by atoms with van der Waals surface area (Å²) in [4.78, 5) is 22.1. The zero-order valence-corrected chi connectivity index (χ0v) is 9.84. The lowest BCUT2D eigenvalue weighted by molar-refractivity contribution is -0.142. The van der Waals surface area contributed by atoms with Crippen molar-refractivity contribution in [3.8, 4) is 0 Å². The molecule has 5 nitrogen and oxygen atoms in total. The smallest absolute Gasteiger partial charge is 0.326 e. The molecule has 1 amide bonds. The first-order valence-corrected chi connectivity index (χ1v) is 6.20. The number of carboxylic acids is 1.